The molecular weight excluding hydrogens is 236 g/mol. The molecule has 0 saturated carbocycles. The van der Waals surface area contributed by atoms with Crippen LogP contribution in [0, 0.1) is 5.92 Å². The van der Waals surface area contributed by atoms with E-state index in [0.29, 0.717) is 5.92 Å². The number of anilines is 1. The molecule has 0 aliphatic heterocycles. The van der Waals surface area contributed by atoms with Crippen LogP contribution in [0.4, 0.5) is 5.69 Å². The van der Waals surface area contributed by atoms with Gasteiger partial charge in [0.05, 0.1) is 0 Å². The van der Waals surface area contributed by atoms with Crippen molar-refractivity contribution in [3.8, 4) is 0 Å². The smallest absolute Gasteiger partial charge is 0.239 e. The molecule has 0 fully saturated rings. The van der Waals surface area contributed by atoms with Gasteiger partial charge in [-0.1, -0.05) is 44.2 Å². The van der Waals surface area contributed by atoms with Crippen LogP contribution in [0.25, 0.3) is 10.8 Å². The number of primary amides is 1. The van der Waals surface area contributed by atoms with Gasteiger partial charge in [-0.2, -0.15) is 0 Å². The third-order valence-corrected chi connectivity index (χ3v) is 3.14. The summed E-state index contributed by atoms with van der Waals surface area (Å²) in [6.07, 6.45) is 0.738. The number of fused-ring (bicyclic) bond motifs is 1. The first-order chi connectivity index (χ1) is 9.06. The van der Waals surface area contributed by atoms with Crippen molar-refractivity contribution < 1.29 is 4.79 Å². The summed E-state index contributed by atoms with van der Waals surface area (Å²) in [6.45, 7) is 4.16. The van der Waals surface area contributed by atoms with E-state index in [1.165, 1.54) is 5.39 Å². The van der Waals surface area contributed by atoms with Crippen LogP contribution in [0.15, 0.2) is 42.5 Å². The number of nitrogens with two attached hydrogens (primary N) is 1. The molecule has 100 valence electrons. The molecule has 3 nitrogen and oxygen atoms in total. The lowest BCUT2D eigenvalue weighted by atomic mass is 10.0. The van der Waals surface area contributed by atoms with E-state index in [9.17, 15) is 4.79 Å². The summed E-state index contributed by atoms with van der Waals surface area (Å²) in [5, 5.41) is 5.57. The lowest BCUT2D eigenvalue weighted by Crippen LogP contribution is -2.36. The molecule has 0 aromatic heterocycles. The highest BCUT2D eigenvalue weighted by Crippen LogP contribution is 2.20. The normalized spacial score (nSPS) is 12.6. The largest absolute Gasteiger partial charge is 0.374 e. The molecular formula is C16H20N2O. The molecule has 0 spiro atoms. The second-order valence-electron chi connectivity index (χ2n) is 5.29. The van der Waals surface area contributed by atoms with Gasteiger partial charge in [-0.05, 0) is 35.2 Å². The Labute approximate surface area is 113 Å². The van der Waals surface area contributed by atoms with Crippen molar-refractivity contribution in [3.05, 3.63) is 42.5 Å². The van der Waals surface area contributed by atoms with E-state index < -0.39 is 0 Å². The van der Waals surface area contributed by atoms with Crippen molar-refractivity contribution in [2.45, 2.75) is 26.3 Å². The number of benzene rings is 2. The number of hydrogen-bond acceptors (Lipinski definition) is 2. The van der Waals surface area contributed by atoms with E-state index in [2.05, 4.69) is 31.3 Å². The van der Waals surface area contributed by atoms with Gasteiger partial charge in [-0.3, -0.25) is 4.79 Å². The molecule has 2 rings (SSSR count). The van der Waals surface area contributed by atoms with E-state index in [1.807, 2.05) is 30.3 Å². The van der Waals surface area contributed by atoms with Gasteiger partial charge in [0.15, 0.2) is 0 Å². The maximum atomic E-state index is 11.5. The fraction of sp³-hybridized carbons (Fsp3) is 0.312. The molecule has 0 bridgehead atoms. The maximum Gasteiger partial charge on any atom is 0.239 e. The van der Waals surface area contributed by atoms with Crippen molar-refractivity contribution in [2.24, 2.45) is 11.7 Å². The van der Waals surface area contributed by atoms with Crippen LogP contribution in [0.5, 0.6) is 0 Å². The number of rotatable bonds is 5. The van der Waals surface area contributed by atoms with Gasteiger partial charge >= 0.3 is 0 Å². The van der Waals surface area contributed by atoms with Crippen molar-refractivity contribution in [3.63, 3.8) is 0 Å². The van der Waals surface area contributed by atoms with Crippen molar-refractivity contribution in [2.75, 3.05) is 5.32 Å². The lowest BCUT2D eigenvalue weighted by Gasteiger charge is -2.18. The van der Waals surface area contributed by atoms with Gasteiger partial charge < -0.3 is 11.1 Å². The Kier molecular flexibility index (Phi) is 4.05. The van der Waals surface area contributed by atoms with Gasteiger partial charge in [0, 0.05) is 5.69 Å². The predicted molar refractivity (Wildman–Crippen MR) is 80.0 cm³/mol. The quantitative estimate of drug-likeness (QED) is 0.863. The fourth-order valence-electron chi connectivity index (χ4n) is 2.20. The summed E-state index contributed by atoms with van der Waals surface area (Å²) < 4.78 is 0. The third-order valence-electron chi connectivity index (χ3n) is 3.14. The second kappa shape index (κ2) is 5.74. The molecule has 0 unspecified atom stereocenters. The van der Waals surface area contributed by atoms with E-state index in [4.69, 9.17) is 5.73 Å². The molecule has 2 aromatic rings. The highest BCUT2D eigenvalue weighted by molar-refractivity contribution is 5.87. The molecule has 0 radical (unpaired) electrons. The van der Waals surface area contributed by atoms with Crippen LogP contribution >= 0.6 is 0 Å². The molecule has 2 aromatic carbocycles. The van der Waals surface area contributed by atoms with Crippen LogP contribution in [0.3, 0.4) is 0 Å². The van der Waals surface area contributed by atoms with Crippen molar-refractivity contribution in [1.82, 2.24) is 0 Å². The zero-order chi connectivity index (χ0) is 13.8. The Bertz CT molecular complexity index is 578. The van der Waals surface area contributed by atoms with Gasteiger partial charge in [0.1, 0.15) is 6.04 Å². The second-order valence-corrected chi connectivity index (χ2v) is 5.29. The standard InChI is InChI=1S/C16H20N2O/c1-11(2)9-15(16(17)19)18-14-8-7-12-5-3-4-6-13(12)10-14/h3-8,10-11,15,18H,9H2,1-2H3,(H2,17,19)/t15-/m1/s1. The summed E-state index contributed by atoms with van der Waals surface area (Å²) in [7, 11) is 0. The van der Waals surface area contributed by atoms with Gasteiger partial charge in [-0.25, -0.2) is 0 Å². The Morgan fingerprint density at radius 2 is 1.84 bits per heavy atom. The van der Waals surface area contributed by atoms with Crippen LogP contribution in [-0.4, -0.2) is 11.9 Å². The molecule has 19 heavy (non-hydrogen) atoms. The minimum Gasteiger partial charge on any atom is -0.374 e. The van der Waals surface area contributed by atoms with Crippen molar-refractivity contribution >= 4 is 22.4 Å². The minimum atomic E-state index is -0.318. The Balaban J connectivity index is 2.21. The predicted octanol–water partition coefficient (Wildman–Crippen LogP) is 3.15. The summed E-state index contributed by atoms with van der Waals surface area (Å²) in [5.41, 5.74) is 6.38. The Morgan fingerprint density at radius 3 is 2.47 bits per heavy atom. The molecule has 0 saturated heterocycles. The molecule has 0 heterocycles. The molecule has 1 amide bonds. The van der Waals surface area contributed by atoms with Crippen LogP contribution in [0.1, 0.15) is 20.3 Å². The lowest BCUT2D eigenvalue weighted by molar-refractivity contribution is -0.119. The average Bonchev–Trinajstić information content (AvgIpc) is 2.37. The van der Waals surface area contributed by atoms with E-state index in [-0.39, 0.29) is 11.9 Å². The zero-order valence-corrected chi connectivity index (χ0v) is 11.4. The Morgan fingerprint density at radius 1 is 1.16 bits per heavy atom. The average molecular weight is 256 g/mol. The number of carbonyl (C=O) groups excluding carboxylic acids is 1. The molecule has 0 aliphatic carbocycles. The van der Waals surface area contributed by atoms with Crippen LogP contribution in [-0.2, 0) is 4.79 Å². The van der Waals surface area contributed by atoms with Crippen LogP contribution < -0.4 is 11.1 Å². The summed E-state index contributed by atoms with van der Waals surface area (Å²) >= 11 is 0. The minimum absolute atomic E-state index is 0.304. The van der Waals surface area contributed by atoms with Gasteiger partial charge in [0.2, 0.25) is 5.91 Å². The molecule has 1 atom stereocenters. The van der Waals surface area contributed by atoms with Gasteiger partial charge in [-0.15, -0.1) is 0 Å². The SMILES string of the molecule is CC(C)C[C@@H](Nc1ccc2ccccc2c1)C(N)=O. The third kappa shape index (κ3) is 3.47. The summed E-state index contributed by atoms with van der Waals surface area (Å²) in [6, 6.07) is 13.9. The van der Waals surface area contributed by atoms with E-state index >= 15 is 0 Å². The number of nitrogens with one attached hydrogen (secondary N) is 1. The molecule has 3 heteroatoms. The highest BCUT2D eigenvalue weighted by Gasteiger charge is 2.16. The topological polar surface area (TPSA) is 55.1 Å². The Hall–Kier alpha value is -2.03. The highest BCUT2D eigenvalue weighted by atomic mass is 16.1. The number of carbonyl (C=O) groups is 1. The monoisotopic (exact) mass is 256 g/mol. The first kappa shape index (κ1) is 13.4. The van der Waals surface area contributed by atoms with Crippen molar-refractivity contribution in [1.29, 1.82) is 0 Å². The first-order valence-corrected chi connectivity index (χ1v) is 6.61. The summed E-state index contributed by atoms with van der Waals surface area (Å²) in [5.74, 6) is 0.118. The van der Waals surface area contributed by atoms with Gasteiger partial charge in [0.25, 0.3) is 0 Å². The summed E-state index contributed by atoms with van der Waals surface area (Å²) in [4.78, 5) is 11.5. The first-order valence-electron chi connectivity index (χ1n) is 6.61. The zero-order valence-electron chi connectivity index (χ0n) is 11.4. The fourth-order valence-corrected chi connectivity index (χ4v) is 2.20. The van der Waals surface area contributed by atoms with E-state index in [0.717, 1.165) is 17.5 Å². The molecule has 0 aliphatic rings. The van der Waals surface area contributed by atoms with E-state index in [1.54, 1.807) is 0 Å². The maximum absolute atomic E-state index is 11.5. The van der Waals surface area contributed by atoms with Crippen LogP contribution in [0.2, 0.25) is 0 Å². The number of hydrogen-bond donors (Lipinski definition) is 2. The molecule has 3 N–H and O–H groups in total. The number of amides is 1.